The number of benzene rings is 1. The number of hydrogen-bond acceptors (Lipinski definition) is 5. The summed E-state index contributed by atoms with van der Waals surface area (Å²) in [5.41, 5.74) is 1.19. The van der Waals surface area contributed by atoms with E-state index in [1.807, 2.05) is 12.1 Å². The summed E-state index contributed by atoms with van der Waals surface area (Å²) < 4.78 is 17.0. The first-order chi connectivity index (χ1) is 10.2. The van der Waals surface area contributed by atoms with Crippen LogP contribution in [0.15, 0.2) is 18.2 Å². The van der Waals surface area contributed by atoms with Gasteiger partial charge in [0.25, 0.3) is 0 Å². The van der Waals surface area contributed by atoms with Gasteiger partial charge in [-0.3, -0.25) is 0 Å². The van der Waals surface area contributed by atoms with Crippen LogP contribution in [0.5, 0.6) is 11.5 Å². The maximum Gasteiger partial charge on any atom is 0.161 e. The van der Waals surface area contributed by atoms with Gasteiger partial charge in [0.2, 0.25) is 0 Å². The van der Waals surface area contributed by atoms with E-state index < -0.39 is 0 Å². The van der Waals surface area contributed by atoms with E-state index in [1.54, 1.807) is 7.11 Å². The molecule has 118 valence electrons. The first-order valence-corrected chi connectivity index (χ1v) is 7.53. The Labute approximate surface area is 127 Å². The molecule has 0 saturated carbocycles. The molecule has 1 aliphatic rings. The van der Waals surface area contributed by atoms with Gasteiger partial charge in [-0.1, -0.05) is 13.0 Å². The molecule has 1 heterocycles. The number of likely N-dealkylation sites (N-methyl/N-ethyl adjacent to an activating group) is 1. The van der Waals surface area contributed by atoms with Crippen LogP contribution in [-0.4, -0.2) is 58.0 Å². The highest BCUT2D eigenvalue weighted by molar-refractivity contribution is 5.43. The lowest BCUT2D eigenvalue weighted by Crippen LogP contribution is -2.42. The van der Waals surface area contributed by atoms with Gasteiger partial charge in [-0.05, 0) is 31.3 Å². The first-order valence-electron chi connectivity index (χ1n) is 7.53. The Kier molecular flexibility index (Phi) is 6.29. The van der Waals surface area contributed by atoms with Gasteiger partial charge in [-0.25, -0.2) is 0 Å². The lowest BCUT2D eigenvalue weighted by Gasteiger charge is -2.30. The molecule has 0 radical (unpaired) electrons. The van der Waals surface area contributed by atoms with Gasteiger partial charge in [0.15, 0.2) is 11.5 Å². The average molecular weight is 294 g/mol. The number of methoxy groups -OCH3 is 1. The van der Waals surface area contributed by atoms with Crippen LogP contribution >= 0.6 is 0 Å². The van der Waals surface area contributed by atoms with E-state index >= 15 is 0 Å². The largest absolute Gasteiger partial charge is 0.493 e. The average Bonchev–Trinajstić information content (AvgIpc) is 2.51. The highest BCUT2D eigenvalue weighted by Gasteiger charge is 2.19. The van der Waals surface area contributed by atoms with Crippen molar-refractivity contribution in [1.82, 2.24) is 10.2 Å². The Bertz CT molecular complexity index is 440. The summed E-state index contributed by atoms with van der Waals surface area (Å²) in [6.07, 6.45) is 0.117. The van der Waals surface area contributed by atoms with Crippen molar-refractivity contribution in [1.29, 1.82) is 0 Å². The van der Waals surface area contributed by atoms with Crippen molar-refractivity contribution in [3.63, 3.8) is 0 Å². The third kappa shape index (κ3) is 4.88. The quantitative estimate of drug-likeness (QED) is 0.826. The number of ether oxygens (including phenoxy) is 3. The van der Waals surface area contributed by atoms with Gasteiger partial charge in [0, 0.05) is 19.6 Å². The lowest BCUT2D eigenvalue weighted by atomic mass is 10.2. The van der Waals surface area contributed by atoms with E-state index in [0.29, 0.717) is 6.61 Å². The molecule has 5 heteroatoms. The standard InChI is InChI=1S/C16H26N2O3/c1-4-17-10-13-5-6-15(19-3)16(9-13)21-12-14-11-18(2)7-8-20-14/h5-6,9,14,17H,4,7-8,10-12H2,1-3H3. The molecule has 0 spiro atoms. The summed E-state index contributed by atoms with van der Waals surface area (Å²) in [7, 11) is 3.77. The van der Waals surface area contributed by atoms with Crippen LogP contribution in [0.4, 0.5) is 0 Å². The Morgan fingerprint density at radius 3 is 2.95 bits per heavy atom. The highest BCUT2D eigenvalue weighted by Crippen LogP contribution is 2.28. The second-order valence-electron chi connectivity index (χ2n) is 5.33. The Morgan fingerprint density at radius 2 is 2.24 bits per heavy atom. The van der Waals surface area contributed by atoms with Crippen LogP contribution in [-0.2, 0) is 11.3 Å². The zero-order chi connectivity index (χ0) is 15.1. The maximum atomic E-state index is 5.93. The van der Waals surface area contributed by atoms with E-state index in [4.69, 9.17) is 14.2 Å². The molecule has 5 nitrogen and oxygen atoms in total. The summed E-state index contributed by atoms with van der Waals surface area (Å²) in [5.74, 6) is 1.55. The van der Waals surface area contributed by atoms with Crippen LogP contribution in [0.2, 0.25) is 0 Å². The molecule has 21 heavy (non-hydrogen) atoms. The zero-order valence-corrected chi connectivity index (χ0v) is 13.2. The molecule has 1 unspecified atom stereocenters. The van der Waals surface area contributed by atoms with Gasteiger partial charge < -0.3 is 24.4 Å². The van der Waals surface area contributed by atoms with E-state index in [0.717, 1.165) is 44.3 Å². The van der Waals surface area contributed by atoms with E-state index in [2.05, 4.69) is 30.3 Å². The fourth-order valence-corrected chi connectivity index (χ4v) is 2.36. The molecule has 0 aromatic heterocycles. The molecule has 1 atom stereocenters. The zero-order valence-electron chi connectivity index (χ0n) is 13.2. The molecule has 1 saturated heterocycles. The molecule has 1 aromatic rings. The minimum atomic E-state index is 0.117. The van der Waals surface area contributed by atoms with Crippen molar-refractivity contribution < 1.29 is 14.2 Å². The Balaban J connectivity index is 1.96. The summed E-state index contributed by atoms with van der Waals surface area (Å²) in [5, 5.41) is 3.31. The number of nitrogens with one attached hydrogen (secondary N) is 1. The van der Waals surface area contributed by atoms with Crippen molar-refractivity contribution in [2.75, 3.05) is 47.0 Å². The number of nitrogens with zero attached hydrogens (tertiary/aromatic N) is 1. The number of rotatable bonds is 7. The lowest BCUT2D eigenvalue weighted by molar-refractivity contribution is -0.0406. The third-order valence-corrected chi connectivity index (χ3v) is 3.57. The summed E-state index contributed by atoms with van der Waals surface area (Å²) in [6, 6.07) is 6.04. The van der Waals surface area contributed by atoms with Gasteiger partial charge >= 0.3 is 0 Å². The van der Waals surface area contributed by atoms with Gasteiger partial charge in [0.05, 0.1) is 13.7 Å². The highest BCUT2D eigenvalue weighted by atomic mass is 16.5. The summed E-state index contributed by atoms with van der Waals surface area (Å²) >= 11 is 0. The molecule has 0 aliphatic carbocycles. The first kappa shape index (κ1) is 16.1. The van der Waals surface area contributed by atoms with E-state index in [-0.39, 0.29) is 6.10 Å². The van der Waals surface area contributed by atoms with Crippen LogP contribution in [0.1, 0.15) is 12.5 Å². The molecular formula is C16H26N2O3. The second-order valence-corrected chi connectivity index (χ2v) is 5.33. The predicted octanol–water partition coefficient (Wildman–Crippen LogP) is 1.51. The SMILES string of the molecule is CCNCc1ccc(OC)c(OCC2CN(C)CCO2)c1. The van der Waals surface area contributed by atoms with Crippen molar-refractivity contribution in [2.45, 2.75) is 19.6 Å². The molecule has 1 aromatic carbocycles. The molecule has 2 rings (SSSR count). The monoisotopic (exact) mass is 294 g/mol. The molecule has 1 fully saturated rings. The minimum absolute atomic E-state index is 0.117. The van der Waals surface area contributed by atoms with Crippen LogP contribution < -0.4 is 14.8 Å². The molecule has 1 aliphatic heterocycles. The van der Waals surface area contributed by atoms with Crippen molar-refractivity contribution in [2.24, 2.45) is 0 Å². The molecular weight excluding hydrogens is 268 g/mol. The van der Waals surface area contributed by atoms with Crippen molar-refractivity contribution >= 4 is 0 Å². The van der Waals surface area contributed by atoms with Crippen molar-refractivity contribution in [3.8, 4) is 11.5 Å². The van der Waals surface area contributed by atoms with Crippen LogP contribution in [0.25, 0.3) is 0 Å². The number of hydrogen-bond donors (Lipinski definition) is 1. The summed E-state index contributed by atoms with van der Waals surface area (Å²) in [4.78, 5) is 2.26. The van der Waals surface area contributed by atoms with Crippen LogP contribution in [0.3, 0.4) is 0 Å². The van der Waals surface area contributed by atoms with E-state index in [1.165, 1.54) is 5.56 Å². The molecule has 0 bridgehead atoms. The second kappa shape index (κ2) is 8.22. The number of morpholine rings is 1. The third-order valence-electron chi connectivity index (χ3n) is 3.57. The Hall–Kier alpha value is -1.30. The summed E-state index contributed by atoms with van der Waals surface area (Å²) in [6.45, 7) is 7.08. The fourth-order valence-electron chi connectivity index (χ4n) is 2.36. The fraction of sp³-hybridized carbons (Fsp3) is 0.625. The molecule has 1 N–H and O–H groups in total. The Morgan fingerprint density at radius 1 is 1.38 bits per heavy atom. The maximum absolute atomic E-state index is 5.93. The van der Waals surface area contributed by atoms with Crippen molar-refractivity contribution in [3.05, 3.63) is 23.8 Å². The van der Waals surface area contributed by atoms with Crippen LogP contribution in [0, 0.1) is 0 Å². The normalized spacial score (nSPS) is 19.5. The topological polar surface area (TPSA) is 43.0 Å². The van der Waals surface area contributed by atoms with Gasteiger partial charge in [0.1, 0.15) is 12.7 Å². The van der Waals surface area contributed by atoms with Gasteiger partial charge in [-0.2, -0.15) is 0 Å². The predicted molar refractivity (Wildman–Crippen MR) is 83.1 cm³/mol. The van der Waals surface area contributed by atoms with E-state index in [9.17, 15) is 0 Å². The van der Waals surface area contributed by atoms with Gasteiger partial charge in [-0.15, -0.1) is 0 Å². The molecule has 0 amide bonds. The smallest absolute Gasteiger partial charge is 0.161 e. The minimum Gasteiger partial charge on any atom is -0.493 e.